The second kappa shape index (κ2) is 58.6. The second-order valence-electron chi connectivity index (χ2n) is 31.5. The predicted molar refractivity (Wildman–Crippen MR) is 404 cm³/mol. The lowest BCUT2D eigenvalue weighted by atomic mass is 9.91. The van der Waals surface area contributed by atoms with Gasteiger partial charge in [0.1, 0.15) is 146 Å². The van der Waals surface area contributed by atoms with Crippen LogP contribution in [-0.2, 0) is 85.3 Å². The van der Waals surface area contributed by atoms with E-state index in [9.17, 15) is 91.9 Å². The van der Waals surface area contributed by atoms with Gasteiger partial charge in [0, 0.05) is 44.2 Å². The molecule has 6 rings (SSSR count). The van der Waals surface area contributed by atoms with Crippen LogP contribution in [0.5, 0.6) is 0 Å². The summed E-state index contributed by atoms with van der Waals surface area (Å²) in [6, 6.07) is 0. The molecule has 30 atom stereocenters. The highest BCUT2D eigenvalue weighted by atomic mass is 16.8. The molecule has 0 saturated carbocycles. The lowest BCUT2D eigenvalue weighted by Gasteiger charge is -2.47. The Morgan fingerprint density at radius 1 is 0.265 bits per heavy atom. The van der Waals surface area contributed by atoms with E-state index < -0.39 is 249 Å². The highest BCUT2D eigenvalue weighted by Crippen LogP contribution is 2.36. The first-order valence-electron chi connectivity index (χ1n) is 41.9. The molecule has 0 spiro atoms. The zero-order chi connectivity index (χ0) is 86.0. The van der Waals surface area contributed by atoms with E-state index in [0.29, 0.717) is 52.9 Å². The van der Waals surface area contributed by atoms with Crippen molar-refractivity contribution >= 4 is 0 Å². The van der Waals surface area contributed by atoms with Crippen molar-refractivity contribution in [2.45, 2.75) is 308 Å². The van der Waals surface area contributed by atoms with Gasteiger partial charge in [-0.25, -0.2) is 0 Å². The van der Waals surface area contributed by atoms with Crippen molar-refractivity contribution in [1.29, 1.82) is 0 Å². The molecule has 6 fully saturated rings. The Morgan fingerprint density at radius 2 is 0.530 bits per heavy atom. The van der Waals surface area contributed by atoms with Gasteiger partial charge in [-0.15, -0.1) is 0 Å². The smallest absolute Gasteiger partial charge is 0.187 e. The zero-order valence-corrected chi connectivity index (χ0v) is 68.4. The van der Waals surface area contributed by atoms with E-state index in [1.165, 1.54) is 0 Å². The van der Waals surface area contributed by atoms with Crippen molar-refractivity contribution < 1.29 is 198 Å². The second-order valence-corrected chi connectivity index (χ2v) is 31.5. The van der Waals surface area contributed by atoms with Crippen LogP contribution in [0.15, 0.2) is 0 Å². The number of aliphatic hydroxyl groups excluding tert-OH is 22. The van der Waals surface area contributed by atoms with Crippen LogP contribution < -0.4 is 0 Å². The van der Waals surface area contributed by atoms with Gasteiger partial charge in [0.15, 0.2) is 31.5 Å². The third kappa shape index (κ3) is 34.6. The summed E-state index contributed by atoms with van der Waals surface area (Å²) in [4.78, 5) is 0. The predicted octanol–water partition coefficient (Wildman–Crippen LogP) is -6.18. The maximum Gasteiger partial charge on any atom is 0.187 e. The van der Waals surface area contributed by atoms with E-state index in [1.807, 2.05) is 0 Å². The monoisotopic (exact) mass is 1710 g/mol. The molecule has 0 amide bonds. The van der Waals surface area contributed by atoms with Gasteiger partial charge in [0.2, 0.25) is 0 Å². The number of aliphatic hydroxyl groups is 22. The number of unbranched alkanes of at least 4 members (excludes halogenated alkanes) is 12. The summed E-state index contributed by atoms with van der Waals surface area (Å²) in [5.74, 6) is -0.959. The van der Waals surface area contributed by atoms with Crippen LogP contribution in [0.25, 0.3) is 0 Å². The van der Waals surface area contributed by atoms with Crippen molar-refractivity contribution in [3.8, 4) is 0 Å². The Morgan fingerprint density at radius 3 is 0.838 bits per heavy atom. The van der Waals surface area contributed by atoms with E-state index in [2.05, 4.69) is 27.7 Å². The summed E-state index contributed by atoms with van der Waals surface area (Å²) in [6.45, 7) is 4.58. The van der Waals surface area contributed by atoms with Gasteiger partial charge in [-0.3, -0.25) is 0 Å². The van der Waals surface area contributed by atoms with Crippen molar-refractivity contribution in [2.24, 2.45) is 23.2 Å². The van der Waals surface area contributed by atoms with Gasteiger partial charge < -0.3 is 198 Å². The molecule has 0 aromatic rings. The lowest BCUT2D eigenvalue weighted by Crippen LogP contribution is -2.65. The zero-order valence-electron chi connectivity index (χ0n) is 68.4. The highest BCUT2D eigenvalue weighted by Gasteiger charge is 2.55. The van der Waals surface area contributed by atoms with Gasteiger partial charge >= 0.3 is 0 Å². The van der Waals surface area contributed by atoms with Crippen molar-refractivity contribution in [1.82, 2.24) is 0 Å². The molecule has 6 aliphatic heterocycles. The first-order valence-corrected chi connectivity index (χ1v) is 41.9. The number of ether oxygens (including phenoxy) is 18. The molecule has 6 aliphatic rings. The Hall–Kier alpha value is -1.60. The molecule has 0 aromatic carbocycles. The lowest BCUT2D eigenvalue weighted by molar-refractivity contribution is -0.367. The largest absolute Gasteiger partial charge is 0.394 e. The number of hydrogen-bond acceptors (Lipinski definition) is 40. The molecule has 0 aromatic heterocycles. The van der Waals surface area contributed by atoms with Crippen LogP contribution in [0.3, 0.4) is 0 Å². The molecule has 6 saturated heterocycles. The third-order valence-electron chi connectivity index (χ3n) is 21.4. The van der Waals surface area contributed by atoms with Gasteiger partial charge in [-0.05, 0) is 25.7 Å². The molecule has 0 bridgehead atoms. The third-order valence-corrected chi connectivity index (χ3v) is 21.4. The summed E-state index contributed by atoms with van der Waals surface area (Å²) < 4.78 is 109. The Balaban J connectivity index is 0.00000204. The SMILES string of the molecule is CCCCCCOCC(COCCCCCC)COCC(COCC(COCCCCCC)COCCCCCC)COCC(CO[C@@H]1OC(CO)[C@@H](O)[C@H](O)C1O)(CO[C@@H]1OC(CO)[C@@H](O[C@H]2OC(CO)[C@@H](O)[C@H](O)C2O)[C@H](O)C1O)CO[C@@H]1OC(CO)[C@H](O[C@H]2OC(CO)[C@@H](O)[C@H](O)C2O)[C@H](O)C1O.OCC1OC[C@@H](O)C(O)[C@@H]1O. The van der Waals surface area contributed by atoms with Gasteiger partial charge in [-0.2, -0.15) is 0 Å². The Labute approximate surface area is 685 Å². The molecular formula is C77H146O40. The first kappa shape index (κ1) is 106. The highest BCUT2D eigenvalue weighted by molar-refractivity contribution is 4.98. The topological polar surface area (TPSA) is 611 Å². The van der Waals surface area contributed by atoms with Gasteiger partial charge in [0.25, 0.3) is 0 Å². The molecule has 22 N–H and O–H groups in total. The molecule has 40 nitrogen and oxygen atoms in total. The Kier molecular flexibility index (Phi) is 53.1. The van der Waals surface area contributed by atoms with Crippen LogP contribution in [0.2, 0.25) is 0 Å². The van der Waals surface area contributed by atoms with Gasteiger partial charge in [-0.1, -0.05) is 105 Å². The normalized spacial score (nSPS) is 35.6. The quantitative estimate of drug-likeness (QED) is 0.0252. The molecule has 0 aliphatic carbocycles. The minimum atomic E-state index is -2.13. The summed E-state index contributed by atoms with van der Waals surface area (Å²) in [7, 11) is 0. The molecule has 13 unspecified atom stereocenters. The molecule has 694 valence electrons. The van der Waals surface area contributed by atoms with Crippen LogP contribution in [0.4, 0.5) is 0 Å². The minimum absolute atomic E-state index is 0.0290. The average molecular weight is 1710 g/mol. The van der Waals surface area contributed by atoms with Crippen molar-refractivity contribution in [2.75, 3.05) is 159 Å². The van der Waals surface area contributed by atoms with E-state index in [-0.39, 0.29) is 58.1 Å². The standard InChI is InChI=1S/C71H134O35.C6H12O5/c1-5-9-13-17-21-90-30-43(31-91-22-18-14-10-6-2)34-94-36-45(37-95-35-44(32-92-23-19-15-11-7-3)33-93-24-20-16-12-8-4)38-96-39-71(40-97-66-59(85)54(80)51(77)46(25-72)100-66,41-98-67-62(88)57(83)64(49(28-75)103-67)105-69-60(86)55(81)52(78)47(26-73)101-69)42-99-68-63(89)58(84)65(50(29-76)104-68)106-70-61(87)56(82)53(79)48(27-74)102-70;7-1-4-6(10)5(9)3(8)2-11-4/h43-70,72-89H,5-42H2,1-4H3;3-10H,1-2H2/t46?,47?,48?,49?,50?,51-,52-,53-,54+,55+,56+,57-,58-,59?,60?,61?,62?,63?,64-,65+,66-,67-,68-,69-,70-,71?;3-,4?,5?,6-/m11/s1. The van der Waals surface area contributed by atoms with Crippen LogP contribution >= 0.6 is 0 Å². The van der Waals surface area contributed by atoms with Gasteiger partial charge in [0.05, 0.1) is 138 Å². The average Bonchev–Trinajstić information content (AvgIpc) is 0.777. The summed E-state index contributed by atoms with van der Waals surface area (Å²) in [5, 5.41) is 231. The minimum Gasteiger partial charge on any atom is -0.394 e. The summed E-state index contributed by atoms with van der Waals surface area (Å²) in [5.41, 5.74) is -1.95. The first-order chi connectivity index (χ1) is 56.3. The fourth-order valence-corrected chi connectivity index (χ4v) is 13.8. The van der Waals surface area contributed by atoms with Crippen LogP contribution in [0.1, 0.15) is 130 Å². The van der Waals surface area contributed by atoms with E-state index in [0.717, 1.165) is 103 Å². The maximum atomic E-state index is 11.9. The fourth-order valence-electron chi connectivity index (χ4n) is 13.8. The molecule has 0 radical (unpaired) electrons. The summed E-state index contributed by atoms with van der Waals surface area (Å²) in [6.07, 6.45) is -34.5. The maximum absolute atomic E-state index is 11.9. The fraction of sp³-hybridized carbons (Fsp3) is 1.00. The number of rotatable bonds is 59. The Bertz CT molecular complexity index is 2290. The van der Waals surface area contributed by atoms with Crippen molar-refractivity contribution in [3.05, 3.63) is 0 Å². The molecule has 40 heteroatoms. The molecule has 117 heavy (non-hydrogen) atoms. The summed E-state index contributed by atoms with van der Waals surface area (Å²) >= 11 is 0. The number of hydrogen-bond donors (Lipinski definition) is 22. The van der Waals surface area contributed by atoms with Crippen LogP contribution in [-0.4, -0.2) is 449 Å². The molecular weight excluding hydrogens is 1560 g/mol. The van der Waals surface area contributed by atoms with E-state index in [4.69, 9.17) is 106 Å². The van der Waals surface area contributed by atoms with E-state index >= 15 is 0 Å². The van der Waals surface area contributed by atoms with Crippen LogP contribution in [0, 0.1) is 23.2 Å². The molecule has 6 heterocycles. The van der Waals surface area contributed by atoms with E-state index in [1.54, 1.807) is 0 Å². The van der Waals surface area contributed by atoms with Crippen molar-refractivity contribution in [3.63, 3.8) is 0 Å².